The van der Waals surface area contributed by atoms with E-state index in [0.29, 0.717) is 12.1 Å². The first kappa shape index (κ1) is 14.9. The molecule has 0 saturated carbocycles. The second kappa shape index (κ2) is 6.07. The molecule has 0 aromatic carbocycles. The molecule has 0 unspecified atom stereocenters. The first-order valence-electron chi connectivity index (χ1n) is 8.36. The van der Waals surface area contributed by atoms with Gasteiger partial charge in [-0.3, -0.25) is 9.89 Å². The number of carbonyl (C=O) groups is 1. The molecule has 0 fully saturated rings. The molecule has 124 valence electrons. The standard InChI is InChI=1S/C17H20N6O/c1-11-13(9-18-16-7-8-20-23(11)16)17(24)19-10-15-12-5-3-2-4-6-14(12)21-22-15/h7-9H,2-6,10H2,1H3,(H,19,24)(H,21,22). The molecule has 0 spiro atoms. The highest BCUT2D eigenvalue weighted by Gasteiger charge is 2.18. The van der Waals surface area contributed by atoms with Gasteiger partial charge in [-0.25, -0.2) is 9.50 Å². The van der Waals surface area contributed by atoms with Crippen LogP contribution in [0.1, 0.15) is 52.3 Å². The molecule has 1 aliphatic carbocycles. The minimum Gasteiger partial charge on any atom is -0.346 e. The Labute approximate surface area is 139 Å². The fraction of sp³-hybridized carbons (Fsp3) is 0.412. The number of nitrogens with one attached hydrogen (secondary N) is 2. The average molecular weight is 324 g/mol. The van der Waals surface area contributed by atoms with Crippen LogP contribution in [0.4, 0.5) is 0 Å². The van der Waals surface area contributed by atoms with Gasteiger partial charge in [0.2, 0.25) is 0 Å². The van der Waals surface area contributed by atoms with Crippen LogP contribution in [0.15, 0.2) is 18.5 Å². The number of hydrogen-bond donors (Lipinski definition) is 2. The molecule has 7 nitrogen and oxygen atoms in total. The number of H-pyrrole nitrogens is 1. The lowest BCUT2D eigenvalue weighted by atomic mass is 10.1. The first-order chi connectivity index (χ1) is 11.7. The summed E-state index contributed by atoms with van der Waals surface area (Å²) in [5.74, 6) is -0.150. The minimum atomic E-state index is -0.150. The van der Waals surface area contributed by atoms with E-state index in [2.05, 4.69) is 25.6 Å². The maximum Gasteiger partial charge on any atom is 0.255 e. The zero-order valence-corrected chi connectivity index (χ0v) is 13.7. The van der Waals surface area contributed by atoms with Crippen molar-refractivity contribution in [3.63, 3.8) is 0 Å². The van der Waals surface area contributed by atoms with Gasteiger partial charge >= 0.3 is 0 Å². The van der Waals surface area contributed by atoms with Gasteiger partial charge < -0.3 is 5.32 Å². The predicted molar refractivity (Wildman–Crippen MR) is 88.7 cm³/mol. The van der Waals surface area contributed by atoms with Gasteiger partial charge in [0.25, 0.3) is 5.91 Å². The van der Waals surface area contributed by atoms with Crippen molar-refractivity contribution in [2.45, 2.75) is 45.6 Å². The number of nitrogens with zero attached hydrogens (tertiary/aromatic N) is 4. The van der Waals surface area contributed by atoms with E-state index in [-0.39, 0.29) is 5.91 Å². The summed E-state index contributed by atoms with van der Waals surface area (Å²) in [6, 6.07) is 1.81. The third-order valence-electron chi connectivity index (χ3n) is 4.71. The van der Waals surface area contributed by atoms with Crippen molar-refractivity contribution in [2.75, 3.05) is 0 Å². The predicted octanol–water partition coefficient (Wildman–Crippen LogP) is 1.96. The molecule has 0 bridgehead atoms. The maximum absolute atomic E-state index is 12.5. The van der Waals surface area contributed by atoms with Gasteiger partial charge in [0.15, 0.2) is 5.65 Å². The Bertz CT molecular complexity index is 894. The van der Waals surface area contributed by atoms with Gasteiger partial charge in [-0.05, 0) is 38.2 Å². The van der Waals surface area contributed by atoms with Crippen LogP contribution in [0, 0.1) is 6.92 Å². The summed E-state index contributed by atoms with van der Waals surface area (Å²) < 4.78 is 1.68. The molecule has 0 atom stereocenters. The van der Waals surface area contributed by atoms with Crippen LogP contribution in [-0.2, 0) is 19.4 Å². The van der Waals surface area contributed by atoms with E-state index in [1.54, 1.807) is 16.9 Å². The van der Waals surface area contributed by atoms with Crippen molar-refractivity contribution in [3.8, 4) is 0 Å². The first-order valence-corrected chi connectivity index (χ1v) is 8.36. The molecular formula is C17H20N6O. The summed E-state index contributed by atoms with van der Waals surface area (Å²) in [6.45, 7) is 2.30. The third-order valence-corrected chi connectivity index (χ3v) is 4.71. The molecule has 3 heterocycles. The molecule has 3 aromatic heterocycles. The van der Waals surface area contributed by atoms with Crippen LogP contribution in [-0.4, -0.2) is 30.7 Å². The molecular weight excluding hydrogens is 304 g/mol. The molecule has 4 rings (SSSR count). The fourth-order valence-electron chi connectivity index (χ4n) is 3.35. The third kappa shape index (κ3) is 2.55. The Kier molecular flexibility index (Phi) is 3.76. The van der Waals surface area contributed by atoms with Crippen molar-refractivity contribution in [2.24, 2.45) is 0 Å². The fourth-order valence-corrected chi connectivity index (χ4v) is 3.35. The number of carbonyl (C=O) groups excluding carboxylic acids is 1. The number of hydrogen-bond acceptors (Lipinski definition) is 4. The summed E-state index contributed by atoms with van der Waals surface area (Å²) in [6.07, 6.45) is 9.01. The lowest BCUT2D eigenvalue weighted by Crippen LogP contribution is -2.25. The zero-order valence-electron chi connectivity index (χ0n) is 13.7. The lowest BCUT2D eigenvalue weighted by Gasteiger charge is -2.08. The number of aryl methyl sites for hydroxylation is 2. The van der Waals surface area contributed by atoms with Crippen molar-refractivity contribution < 1.29 is 4.79 Å². The maximum atomic E-state index is 12.5. The quantitative estimate of drug-likeness (QED) is 0.721. The summed E-state index contributed by atoms with van der Waals surface area (Å²) in [5, 5.41) is 14.7. The van der Waals surface area contributed by atoms with E-state index in [4.69, 9.17) is 0 Å². The molecule has 1 aliphatic rings. The summed E-state index contributed by atoms with van der Waals surface area (Å²) >= 11 is 0. The second-order valence-corrected chi connectivity index (χ2v) is 6.23. The Morgan fingerprint density at radius 2 is 2.21 bits per heavy atom. The zero-order chi connectivity index (χ0) is 16.5. The van der Waals surface area contributed by atoms with E-state index in [0.717, 1.165) is 29.9 Å². The normalized spacial score (nSPS) is 14.4. The van der Waals surface area contributed by atoms with Gasteiger partial charge in [0.1, 0.15) is 0 Å². The highest BCUT2D eigenvalue weighted by atomic mass is 16.1. The molecule has 24 heavy (non-hydrogen) atoms. The molecule has 3 aromatic rings. The van der Waals surface area contributed by atoms with Crippen molar-refractivity contribution in [1.82, 2.24) is 30.1 Å². The topological polar surface area (TPSA) is 88.0 Å². The van der Waals surface area contributed by atoms with Crippen LogP contribution < -0.4 is 5.32 Å². The minimum absolute atomic E-state index is 0.150. The summed E-state index contributed by atoms with van der Waals surface area (Å²) in [4.78, 5) is 16.8. The van der Waals surface area contributed by atoms with Gasteiger partial charge in [0.05, 0.1) is 29.7 Å². The monoisotopic (exact) mass is 324 g/mol. The number of amides is 1. The average Bonchev–Trinajstić information content (AvgIpc) is 3.15. The summed E-state index contributed by atoms with van der Waals surface area (Å²) in [5.41, 5.74) is 5.52. The SMILES string of the molecule is Cc1c(C(=O)NCc2n[nH]c3c2CCCCC3)cnc2ccnn12. The van der Waals surface area contributed by atoms with E-state index < -0.39 is 0 Å². The molecule has 0 aliphatic heterocycles. The highest BCUT2D eigenvalue weighted by molar-refractivity contribution is 5.95. The van der Waals surface area contributed by atoms with Gasteiger partial charge in [-0.2, -0.15) is 10.2 Å². The van der Waals surface area contributed by atoms with Crippen molar-refractivity contribution in [3.05, 3.63) is 46.7 Å². The number of rotatable bonds is 3. The van der Waals surface area contributed by atoms with E-state index >= 15 is 0 Å². The molecule has 0 saturated heterocycles. The Morgan fingerprint density at radius 1 is 1.33 bits per heavy atom. The largest absolute Gasteiger partial charge is 0.346 e. The molecule has 0 radical (unpaired) electrons. The van der Waals surface area contributed by atoms with Crippen molar-refractivity contribution in [1.29, 1.82) is 0 Å². The number of fused-ring (bicyclic) bond motifs is 2. The molecule has 7 heteroatoms. The van der Waals surface area contributed by atoms with Crippen LogP contribution >= 0.6 is 0 Å². The van der Waals surface area contributed by atoms with E-state index in [1.165, 1.54) is 30.5 Å². The Balaban J connectivity index is 1.52. The van der Waals surface area contributed by atoms with E-state index in [9.17, 15) is 4.79 Å². The summed E-state index contributed by atoms with van der Waals surface area (Å²) in [7, 11) is 0. The number of aromatic amines is 1. The van der Waals surface area contributed by atoms with Gasteiger partial charge in [0, 0.05) is 18.0 Å². The van der Waals surface area contributed by atoms with Crippen LogP contribution in [0.5, 0.6) is 0 Å². The lowest BCUT2D eigenvalue weighted by molar-refractivity contribution is 0.0948. The van der Waals surface area contributed by atoms with Crippen molar-refractivity contribution >= 4 is 11.6 Å². The highest BCUT2D eigenvalue weighted by Crippen LogP contribution is 2.21. The number of aromatic nitrogens is 5. The van der Waals surface area contributed by atoms with E-state index in [1.807, 2.05) is 13.0 Å². The molecule has 1 amide bonds. The second-order valence-electron chi connectivity index (χ2n) is 6.23. The van der Waals surface area contributed by atoms with Gasteiger partial charge in [-0.15, -0.1) is 0 Å². The van der Waals surface area contributed by atoms with Crippen LogP contribution in [0.2, 0.25) is 0 Å². The van der Waals surface area contributed by atoms with Crippen LogP contribution in [0.3, 0.4) is 0 Å². The smallest absolute Gasteiger partial charge is 0.255 e. The van der Waals surface area contributed by atoms with Crippen LogP contribution in [0.25, 0.3) is 5.65 Å². The van der Waals surface area contributed by atoms with Gasteiger partial charge in [-0.1, -0.05) is 6.42 Å². The Hall–Kier alpha value is -2.70. The molecule has 2 N–H and O–H groups in total. The Morgan fingerprint density at radius 3 is 3.12 bits per heavy atom.